The van der Waals surface area contributed by atoms with E-state index in [1.54, 1.807) is 24.3 Å². The van der Waals surface area contributed by atoms with Crippen molar-refractivity contribution in [3.05, 3.63) is 70.4 Å². The highest BCUT2D eigenvalue weighted by molar-refractivity contribution is 7.12. The molecule has 45 heavy (non-hydrogen) atoms. The first-order chi connectivity index (χ1) is 22.0. The van der Waals surface area contributed by atoms with E-state index in [0.29, 0.717) is 43.6 Å². The Morgan fingerprint density at radius 2 is 1.53 bits per heavy atom. The van der Waals surface area contributed by atoms with Gasteiger partial charge < -0.3 is 29.7 Å². The number of carbonyl (C=O) groups excluding carboxylic acids is 1. The topological polar surface area (TPSA) is 98.1 Å². The molecule has 8 nitrogen and oxygen atoms in total. The summed E-state index contributed by atoms with van der Waals surface area (Å²) in [4.78, 5) is 18.2. The number of amidine groups is 1. The SMILES string of the molecule is CCCCCCOc1cc(C=CC(=O)N2CCN(c3ccc(NC(=N)c4cccs4)cc3)CC2)cc(OCCCCCC)c1O. The van der Waals surface area contributed by atoms with Gasteiger partial charge in [0.05, 0.1) is 18.1 Å². The van der Waals surface area contributed by atoms with Crippen LogP contribution in [0, 0.1) is 5.41 Å². The molecule has 0 radical (unpaired) electrons. The van der Waals surface area contributed by atoms with Crippen LogP contribution in [0.3, 0.4) is 0 Å². The Morgan fingerprint density at radius 3 is 2.09 bits per heavy atom. The molecule has 3 N–H and O–H groups in total. The highest BCUT2D eigenvalue weighted by Crippen LogP contribution is 2.38. The molecule has 0 unspecified atom stereocenters. The summed E-state index contributed by atoms with van der Waals surface area (Å²) in [6.45, 7) is 8.13. The molecule has 0 saturated carbocycles. The number of hydrogen-bond acceptors (Lipinski definition) is 7. The lowest BCUT2D eigenvalue weighted by molar-refractivity contribution is -0.126. The van der Waals surface area contributed by atoms with Gasteiger partial charge in [-0.05, 0) is 72.3 Å². The maximum absolute atomic E-state index is 13.1. The number of hydrogen-bond donors (Lipinski definition) is 3. The molecule has 3 aromatic rings. The third kappa shape index (κ3) is 10.6. The number of thiophene rings is 1. The van der Waals surface area contributed by atoms with Crippen molar-refractivity contribution in [2.24, 2.45) is 0 Å². The van der Waals surface area contributed by atoms with Gasteiger partial charge in [0, 0.05) is 43.6 Å². The monoisotopic (exact) mass is 632 g/mol. The number of nitrogens with one attached hydrogen (secondary N) is 2. The highest BCUT2D eigenvalue weighted by Gasteiger charge is 2.20. The molecule has 4 rings (SSSR count). The Labute approximate surface area is 272 Å². The maximum atomic E-state index is 13.1. The van der Waals surface area contributed by atoms with E-state index in [4.69, 9.17) is 14.9 Å². The van der Waals surface area contributed by atoms with Gasteiger partial charge in [-0.15, -0.1) is 11.3 Å². The minimum atomic E-state index is -0.0431. The summed E-state index contributed by atoms with van der Waals surface area (Å²) in [6, 6.07) is 15.5. The van der Waals surface area contributed by atoms with Crippen molar-refractivity contribution in [3.63, 3.8) is 0 Å². The van der Waals surface area contributed by atoms with Gasteiger partial charge in [-0.25, -0.2) is 0 Å². The molecule has 2 heterocycles. The average Bonchev–Trinajstić information content (AvgIpc) is 3.61. The highest BCUT2D eigenvalue weighted by atomic mass is 32.1. The van der Waals surface area contributed by atoms with Gasteiger partial charge in [0.15, 0.2) is 11.5 Å². The second kappa shape index (κ2) is 18.1. The standard InChI is InChI=1S/C36H48N4O4S/c1-3-5-7-9-23-43-31-26-28(27-32(35(31)42)44-24-10-8-6-4-2)13-18-34(41)40-21-19-39(20-22-40)30-16-14-29(15-17-30)38-36(37)33-12-11-25-45-33/h11-18,25-27,42H,3-10,19-24H2,1-2H3,(H2,37,38). The molecule has 0 spiro atoms. The van der Waals surface area contributed by atoms with Crippen LogP contribution in [0.1, 0.15) is 75.7 Å². The number of benzene rings is 2. The third-order valence-corrected chi connectivity index (χ3v) is 8.74. The van der Waals surface area contributed by atoms with Crippen molar-refractivity contribution >= 4 is 40.5 Å². The first-order valence-corrected chi connectivity index (χ1v) is 17.2. The molecule has 1 aliphatic rings. The molecule has 2 aromatic carbocycles. The molecule has 1 saturated heterocycles. The number of unbranched alkanes of at least 4 members (excludes halogenated alkanes) is 6. The first-order valence-electron chi connectivity index (χ1n) is 16.3. The molecule has 0 aliphatic carbocycles. The Bertz CT molecular complexity index is 1330. The fraction of sp³-hybridized carbons (Fsp3) is 0.444. The van der Waals surface area contributed by atoms with Crippen LogP contribution in [0.15, 0.2) is 60.0 Å². The van der Waals surface area contributed by atoms with Crippen LogP contribution in [0.5, 0.6) is 17.2 Å². The molecule has 0 bridgehead atoms. The van der Waals surface area contributed by atoms with E-state index in [1.807, 2.05) is 34.5 Å². The molecule has 0 atom stereocenters. The Morgan fingerprint density at radius 1 is 0.911 bits per heavy atom. The molecular weight excluding hydrogens is 584 g/mol. The zero-order valence-corrected chi connectivity index (χ0v) is 27.5. The summed E-state index contributed by atoms with van der Waals surface area (Å²) >= 11 is 1.54. The fourth-order valence-electron chi connectivity index (χ4n) is 5.18. The van der Waals surface area contributed by atoms with Crippen LogP contribution in [0.4, 0.5) is 11.4 Å². The maximum Gasteiger partial charge on any atom is 0.246 e. The van der Waals surface area contributed by atoms with E-state index in [9.17, 15) is 9.90 Å². The minimum absolute atomic E-state index is 0.0187. The average molecular weight is 633 g/mol. The smallest absolute Gasteiger partial charge is 0.246 e. The minimum Gasteiger partial charge on any atom is -0.502 e. The van der Waals surface area contributed by atoms with Gasteiger partial charge in [0.1, 0.15) is 5.84 Å². The largest absolute Gasteiger partial charge is 0.502 e. The number of phenolic OH excluding ortho intramolecular Hbond substituents is 1. The fourth-order valence-corrected chi connectivity index (χ4v) is 5.81. The predicted octanol–water partition coefficient (Wildman–Crippen LogP) is 8.17. The number of ether oxygens (including phenoxy) is 2. The summed E-state index contributed by atoms with van der Waals surface area (Å²) in [7, 11) is 0. The number of anilines is 2. The second-order valence-electron chi connectivity index (χ2n) is 11.4. The Hall–Kier alpha value is -3.98. The Balaban J connectivity index is 1.32. The molecule has 1 amide bonds. The number of aromatic hydroxyl groups is 1. The van der Waals surface area contributed by atoms with Crippen LogP contribution in [0.2, 0.25) is 0 Å². The first kappa shape index (κ1) is 33.9. The van der Waals surface area contributed by atoms with E-state index in [2.05, 4.69) is 36.2 Å². The number of rotatable bonds is 17. The molecular formula is C36H48N4O4S. The lowest BCUT2D eigenvalue weighted by Crippen LogP contribution is -2.48. The molecule has 1 aliphatic heterocycles. The number of carbonyl (C=O) groups is 1. The second-order valence-corrected chi connectivity index (χ2v) is 12.3. The van der Waals surface area contributed by atoms with Crippen molar-refractivity contribution in [1.29, 1.82) is 5.41 Å². The van der Waals surface area contributed by atoms with Crippen LogP contribution in [-0.2, 0) is 4.79 Å². The number of nitrogens with zero attached hydrogens (tertiary/aromatic N) is 2. The van der Waals surface area contributed by atoms with Crippen molar-refractivity contribution in [2.75, 3.05) is 49.6 Å². The molecule has 242 valence electrons. The lowest BCUT2D eigenvalue weighted by Gasteiger charge is -2.35. The van der Waals surface area contributed by atoms with Crippen molar-refractivity contribution in [2.45, 2.75) is 65.2 Å². The summed E-state index contributed by atoms with van der Waals surface area (Å²) in [6.07, 6.45) is 12.0. The number of phenols is 1. The van der Waals surface area contributed by atoms with Gasteiger partial charge in [0.2, 0.25) is 11.7 Å². The number of amides is 1. The Kier molecular flexibility index (Phi) is 13.6. The van der Waals surface area contributed by atoms with E-state index in [-0.39, 0.29) is 11.7 Å². The molecule has 1 aromatic heterocycles. The predicted molar refractivity (Wildman–Crippen MR) is 186 cm³/mol. The van der Waals surface area contributed by atoms with E-state index in [0.717, 1.165) is 86.3 Å². The number of piperazine rings is 1. The van der Waals surface area contributed by atoms with E-state index < -0.39 is 0 Å². The summed E-state index contributed by atoms with van der Waals surface area (Å²) in [5.41, 5.74) is 2.73. The van der Waals surface area contributed by atoms with Gasteiger partial charge in [-0.1, -0.05) is 58.4 Å². The van der Waals surface area contributed by atoms with Crippen LogP contribution >= 0.6 is 11.3 Å². The quantitative estimate of drug-likeness (QED) is 0.0601. The van der Waals surface area contributed by atoms with Gasteiger partial charge in [0.25, 0.3) is 0 Å². The van der Waals surface area contributed by atoms with Gasteiger partial charge >= 0.3 is 0 Å². The van der Waals surface area contributed by atoms with Gasteiger partial charge in [-0.3, -0.25) is 10.2 Å². The van der Waals surface area contributed by atoms with Crippen molar-refractivity contribution in [3.8, 4) is 17.2 Å². The summed E-state index contributed by atoms with van der Waals surface area (Å²) in [5, 5.41) is 24.2. The normalized spacial score (nSPS) is 13.3. The van der Waals surface area contributed by atoms with Crippen LogP contribution < -0.4 is 19.7 Å². The van der Waals surface area contributed by atoms with Crippen molar-refractivity contribution in [1.82, 2.24) is 4.90 Å². The van der Waals surface area contributed by atoms with E-state index >= 15 is 0 Å². The van der Waals surface area contributed by atoms with Crippen molar-refractivity contribution < 1.29 is 19.4 Å². The molecule has 1 fully saturated rings. The lowest BCUT2D eigenvalue weighted by atomic mass is 10.1. The van der Waals surface area contributed by atoms with E-state index in [1.165, 1.54) is 11.3 Å². The molecule has 9 heteroatoms. The third-order valence-electron chi connectivity index (χ3n) is 7.85. The zero-order valence-electron chi connectivity index (χ0n) is 26.7. The van der Waals surface area contributed by atoms with Gasteiger partial charge in [-0.2, -0.15) is 0 Å². The van der Waals surface area contributed by atoms with Crippen LogP contribution in [0.25, 0.3) is 6.08 Å². The van der Waals surface area contributed by atoms with Crippen LogP contribution in [-0.4, -0.2) is 61.1 Å². The summed E-state index contributed by atoms with van der Waals surface area (Å²) in [5.74, 6) is 1.15. The zero-order chi connectivity index (χ0) is 31.9. The summed E-state index contributed by atoms with van der Waals surface area (Å²) < 4.78 is 11.9.